The maximum Gasteiger partial charge on any atom is 0.249 e. The van der Waals surface area contributed by atoms with E-state index in [1.165, 1.54) is 0 Å². The van der Waals surface area contributed by atoms with Crippen LogP contribution in [0.15, 0.2) is 0 Å². The minimum Gasteiger partial charge on any atom is -0.368 e. The lowest BCUT2D eigenvalue weighted by molar-refractivity contribution is -0.131. The van der Waals surface area contributed by atoms with Gasteiger partial charge in [-0.25, -0.2) is 0 Å². The molecule has 1 aliphatic carbocycles. The van der Waals surface area contributed by atoms with Crippen LogP contribution < -0.4 is 5.32 Å². The number of hydrogen-bond donors (Lipinski definition) is 1. The van der Waals surface area contributed by atoms with Gasteiger partial charge in [-0.2, -0.15) is 0 Å². The number of carbonyl (C=O) groups is 1. The van der Waals surface area contributed by atoms with Gasteiger partial charge in [-0.05, 0) is 38.5 Å². The van der Waals surface area contributed by atoms with Crippen LogP contribution >= 0.6 is 15.9 Å². The van der Waals surface area contributed by atoms with Crippen molar-refractivity contribution in [3.63, 3.8) is 0 Å². The molecule has 2 aliphatic rings. The van der Waals surface area contributed by atoms with Crippen LogP contribution in [0.2, 0.25) is 0 Å². The van der Waals surface area contributed by atoms with Crippen molar-refractivity contribution in [1.82, 2.24) is 5.32 Å². The number of alkyl halides is 1. The van der Waals surface area contributed by atoms with Crippen LogP contribution in [-0.4, -0.2) is 29.5 Å². The van der Waals surface area contributed by atoms with E-state index >= 15 is 0 Å². The molecule has 1 saturated heterocycles. The van der Waals surface area contributed by atoms with E-state index in [1.807, 2.05) is 0 Å². The highest BCUT2D eigenvalue weighted by Crippen LogP contribution is 2.24. The molecule has 4 heteroatoms. The van der Waals surface area contributed by atoms with Gasteiger partial charge < -0.3 is 10.1 Å². The Kier molecular flexibility index (Phi) is 4.03. The summed E-state index contributed by atoms with van der Waals surface area (Å²) in [5.41, 5.74) is 0. The third-order valence-electron chi connectivity index (χ3n) is 3.23. The van der Waals surface area contributed by atoms with Gasteiger partial charge in [-0.1, -0.05) is 15.9 Å². The number of rotatable bonds is 2. The molecule has 2 rings (SSSR count). The second-order valence-electron chi connectivity index (χ2n) is 4.46. The first-order valence-corrected chi connectivity index (χ1v) is 6.73. The molecule has 0 aromatic carbocycles. The highest BCUT2D eigenvalue weighted by atomic mass is 79.9. The molecule has 3 nitrogen and oxygen atoms in total. The largest absolute Gasteiger partial charge is 0.368 e. The molecule has 0 bridgehead atoms. The summed E-state index contributed by atoms with van der Waals surface area (Å²) in [4.78, 5) is 12.4. The summed E-state index contributed by atoms with van der Waals surface area (Å²) in [5.74, 6) is 0.102. The average Bonchev–Trinajstić information content (AvgIpc) is 2.74. The van der Waals surface area contributed by atoms with Crippen LogP contribution in [-0.2, 0) is 9.53 Å². The Hall–Kier alpha value is -0.0900. The van der Waals surface area contributed by atoms with E-state index in [4.69, 9.17) is 4.74 Å². The summed E-state index contributed by atoms with van der Waals surface area (Å²) in [6.07, 6.45) is 6.24. The Bertz CT molecular complexity index is 221. The van der Waals surface area contributed by atoms with E-state index in [0.717, 1.165) is 45.1 Å². The number of nitrogens with one attached hydrogen (secondary N) is 1. The first kappa shape index (κ1) is 11.4. The molecule has 1 N–H and O–H groups in total. The van der Waals surface area contributed by atoms with Gasteiger partial charge in [0.25, 0.3) is 0 Å². The summed E-state index contributed by atoms with van der Waals surface area (Å²) in [6.45, 7) is 0.742. The van der Waals surface area contributed by atoms with Crippen LogP contribution in [0.5, 0.6) is 0 Å². The molecule has 1 aliphatic heterocycles. The fourth-order valence-electron chi connectivity index (χ4n) is 2.28. The van der Waals surface area contributed by atoms with Crippen molar-refractivity contribution < 1.29 is 9.53 Å². The lowest BCUT2D eigenvalue weighted by Gasteiger charge is -2.26. The molecule has 0 aromatic heterocycles. The topological polar surface area (TPSA) is 38.3 Å². The van der Waals surface area contributed by atoms with E-state index in [1.54, 1.807) is 0 Å². The normalized spacial score (nSPS) is 36.5. The number of halogens is 1. The number of amides is 1. The summed E-state index contributed by atoms with van der Waals surface area (Å²) in [6, 6.07) is 0.371. The lowest BCUT2D eigenvalue weighted by atomic mass is 9.95. The summed E-state index contributed by atoms with van der Waals surface area (Å²) < 4.78 is 5.36. The first-order chi connectivity index (χ1) is 7.25. The third-order valence-corrected chi connectivity index (χ3v) is 4.14. The number of carbonyl (C=O) groups excluding carboxylic acids is 1. The predicted octanol–water partition coefficient (Wildman–Crippen LogP) is 1.99. The molecule has 0 spiro atoms. The van der Waals surface area contributed by atoms with Crippen molar-refractivity contribution >= 4 is 21.8 Å². The van der Waals surface area contributed by atoms with Crippen molar-refractivity contribution in [2.45, 2.75) is 55.5 Å². The molecule has 0 aromatic rings. The van der Waals surface area contributed by atoms with E-state index in [-0.39, 0.29) is 12.0 Å². The third kappa shape index (κ3) is 3.18. The average molecular weight is 276 g/mol. The quantitative estimate of drug-likeness (QED) is 0.783. The zero-order valence-corrected chi connectivity index (χ0v) is 10.5. The van der Waals surface area contributed by atoms with Gasteiger partial charge in [0.1, 0.15) is 6.10 Å². The monoisotopic (exact) mass is 275 g/mol. The summed E-state index contributed by atoms with van der Waals surface area (Å²) in [7, 11) is 0. The molecule has 0 radical (unpaired) electrons. The maximum atomic E-state index is 11.7. The van der Waals surface area contributed by atoms with E-state index in [9.17, 15) is 4.79 Å². The van der Waals surface area contributed by atoms with E-state index < -0.39 is 0 Å². The Labute approximate surface area is 99.1 Å². The Morgan fingerprint density at radius 1 is 1.20 bits per heavy atom. The summed E-state index contributed by atoms with van der Waals surface area (Å²) in [5, 5.41) is 3.10. The molecule has 1 heterocycles. The first-order valence-electron chi connectivity index (χ1n) is 5.82. The van der Waals surface area contributed by atoms with Crippen LogP contribution in [0.1, 0.15) is 38.5 Å². The standard InChI is InChI=1S/C11H18BrNO2/c12-8-3-5-9(6-4-8)13-11(14)10-2-1-7-15-10/h8-10H,1-7H2,(H,13,14). The van der Waals surface area contributed by atoms with Crippen molar-refractivity contribution in [2.75, 3.05) is 6.61 Å². The fourth-order valence-corrected chi connectivity index (χ4v) is 2.80. The van der Waals surface area contributed by atoms with Gasteiger partial charge in [0.2, 0.25) is 5.91 Å². The molecule has 2 fully saturated rings. The van der Waals surface area contributed by atoms with Gasteiger partial charge in [0.15, 0.2) is 0 Å². The molecular weight excluding hydrogens is 258 g/mol. The van der Waals surface area contributed by atoms with Crippen molar-refractivity contribution in [3.05, 3.63) is 0 Å². The molecule has 15 heavy (non-hydrogen) atoms. The molecule has 1 saturated carbocycles. The van der Waals surface area contributed by atoms with Crippen LogP contribution in [0, 0.1) is 0 Å². The maximum absolute atomic E-state index is 11.7. The Balaban J connectivity index is 1.74. The molecule has 1 atom stereocenters. The van der Waals surface area contributed by atoms with Crippen LogP contribution in [0.4, 0.5) is 0 Å². The number of hydrogen-bond acceptors (Lipinski definition) is 2. The zero-order chi connectivity index (χ0) is 10.7. The van der Waals surface area contributed by atoms with Gasteiger partial charge in [0.05, 0.1) is 0 Å². The van der Waals surface area contributed by atoms with Crippen LogP contribution in [0.3, 0.4) is 0 Å². The lowest BCUT2D eigenvalue weighted by Crippen LogP contribution is -2.42. The van der Waals surface area contributed by atoms with E-state index in [0.29, 0.717) is 10.9 Å². The molecule has 1 unspecified atom stereocenters. The molecular formula is C11H18BrNO2. The van der Waals surface area contributed by atoms with Gasteiger partial charge in [-0.15, -0.1) is 0 Å². The SMILES string of the molecule is O=C(NC1CCC(Br)CC1)C1CCCO1. The van der Waals surface area contributed by atoms with Gasteiger partial charge >= 0.3 is 0 Å². The smallest absolute Gasteiger partial charge is 0.249 e. The molecule has 1 amide bonds. The highest BCUT2D eigenvalue weighted by molar-refractivity contribution is 9.09. The van der Waals surface area contributed by atoms with Crippen molar-refractivity contribution in [3.8, 4) is 0 Å². The minimum atomic E-state index is -0.174. The second kappa shape index (κ2) is 5.30. The van der Waals surface area contributed by atoms with E-state index in [2.05, 4.69) is 21.2 Å². The van der Waals surface area contributed by atoms with Crippen LogP contribution in [0.25, 0.3) is 0 Å². The number of ether oxygens (including phenoxy) is 1. The zero-order valence-electron chi connectivity index (χ0n) is 8.88. The van der Waals surface area contributed by atoms with Gasteiger partial charge in [0, 0.05) is 17.5 Å². The second-order valence-corrected chi connectivity index (χ2v) is 5.75. The fraction of sp³-hybridized carbons (Fsp3) is 0.909. The summed E-state index contributed by atoms with van der Waals surface area (Å²) >= 11 is 3.61. The minimum absolute atomic E-state index is 0.102. The van der Waals surface area contributed by atoms with Crippen molar-refractivity contribution in [2.24, 2.45) is 0 Å². The molecule has 86 valence electrons. The predicted molar refractivity (Wildman–Crippen MR) is 62.1 cm³/mol. The highest BCUT2D eigenvalue weighted by Gasteiger charge is 2.27. The Morgan fingerprint density at radius 3 is 2.53 bits per heavy atom. The Morgan fingerprint density at radius 2 is 1.93 bits per heavy atom. The van der Waals surface area contributed by atoms with Crippen molar-refractivity contribution in [1.29, 1.82) is 0 Å². The van der Waals surface area contributed by atoms with Gasteiger partial charge in [-0.3, -0.25) is 4.79 Å².